The van der Waals surface area contributed by atoms with Crippen molar-refractivity contribution in [1.82, 2.24) is 14.5 Å². The van der Waals surface area contributed by atoms with Gasteiger partial charge < -0.3 is 15.2 Å². The third kappa shape index (κ3) is 4.42. The van der Waals surface area contributed by atoms with Crippen LogP contribution in [0.3, 0.4) is 0 Å². The van der Waals surface area contributed by atoms with Crippen LogP contribution in [-0.2, 0) is 11.3 Å². The van der Waals surface area contributed by atoms with E-state index in [-0.39, 0.29) is 17.6 Å². The van der Waals surface area contributed by atoms with Crippen LogP contribution in [0.25, 0.3) is 11.0 Å². The van der Waals surface area contributed by atoms with Crippen molar-refractivity contribution in [1.29, 1.82) is 0 Å². The first-order valence-electron chi connectivity index (χ1n) is 10.8. The summed E-state index contributed by atoms with van der Waals surface area (Å²) in [5.41, 5.74) is 3.92. The fourth-order valence-electron chi connectivity index (χ4n) is 4.22. The first-order valence-corrected chi connectivity index (χ1v) is 10.8. The number of aryl methyl sites for hydroxylation is 1. The van der Waals surface area contributed by atoms with Gasteiger partial charge in [-0.2, -0.15) is 0 Å². The number of imidazole rings is 1. The first-order chi connectivity index (χ1) is 14.5. The van der Waals surface area contributed by atoms with E-state index in [2.05, 4.69) is 48.4 Å². The first kappa shape index (κ1) is 20.3. The summed E-state index contributed by atoms with van der Waals surface area (Å²) < 4.78 is 1.66. The van der Waals surface area contributed by atoms with Crippen LogP contribution in [0.1, 0.15) is 44.6 Å². The van der Waals surface area contributed by atoms with Gasteiger partial charge in [0.25, 0.3) is 0 Å². The molecule has 0 radical (unpaired) electrons. The number of aromatic amines is 1. The maximum Gasteiger partial charge on any atom is 0.326 e. The second-order valence-electron chi connectivity index (χ2n) is 8.45. The van der Waals surface area contributed by atoms with Gasteiger partial charge in [0, 0.05) is 37.8 Å². The number of hydrogen-bond donors (Lipinski definition) is 2. The van der Waals surface area contributed by atoms with Crippen LogP contribution in [0.5, 0.6) is 0 Å². The molecule has 1 fully saturated rings. The monoisotopic (exact) mass is 406 g/mol. The Morgan fingerprint density at radius 3 is 2.70 bits per heavy atom. The summed E-state index contributed by atoms with van der Waals surface area (Å²) in [6.07, 6.45) is 2.37. The molecule has 1 aromatic heterocycles. The number of aromatic nitrogens is 2. The number of anilines is 1. The summed E-state index contributed by atoms with van der Waals surface area (Å²) in [5.74, 6) is 0.625. The number of para-hydroxylation sites is 2. The normalized spacial score (nSPS) is 16.9. The van der Waals surface area contributed by atoms with Crippen molar-refractivity contribution >= 4 is 22.6 Å². The van der Waals surface area contributed by atoms with Crippen LogP contribution in [0.15, 0.2) is 53.3 Å². The van der Waals surface area contributed by atoms with Crippen molar-refractivity contribution in [2.24, 2.45) is 0 Å². The second kappa shape index (κ2) is 8.78. The highest BCUT2D eigenvalue weighted by Crippen LogP contribution is 2.20. The molecule has 2 aromatic carbocycles. The molecular formula is C24H30N4O2. The van der Waals surface area contributed by atoms with Gasteiger partial charge in [-0.3, -0.25) is 9.36 Å². The fourth-order valence-corrected chi connectivity index (χ4v) is 4.22. The number of piperidine rings is 1. The van der Waals surface area contributed by atoms with E-state index in [1.165, 1.54) is 5.56 Å². The van der Waals surface area contributed by atoms with E-state index in [1.54, 1.807) is 4.57 Å². The second-order valence-corrected chi connectivity index (χ2v) is 8.45. The maximum atomic E-state index is 12.8. The molecule has 1 aliphatic heterocycles. The molecule has 158 valence electrons. The van der Waals surface area contributed by atoms with Gasteiger partial charge in [-0.05, 0) is 48.6 Å². The predicted octanol–water partition coefficient (Wildman–Crippen LogP) is 3.95. The number of fused-ring (bicyclic) bond motifs is 1. The van der Waals surface area contributed by atoms with Crippen LogP contribution in [-0.4, -0.2) is 39.5 Å². The molecule has 0 unspecified atom stereocenters. The Balaban J connectivity index is 1.35. The van der Waals surface area contributed by atoms with E-state index in [0.29, 0.717) is 25.4 Å². The van der Waals surface area contributed by atoms with Crippen molar-refractivity contribution in [3.8, 4) is 0 Å². The van der Waals surface area contributed by atoms with Crippen LogP contribution < -0.4 is 11.0 Å². The van der Waals surface area contributed by atoms with Gasteiger partial charge in [0.1, 0.15) is 0 Å². The van der Waals surface area contributed by atoms with Crippen LogP contribution in [0.2, 0.25) is 0 Å². The molecule has 1 aliphatic rings. The highest BCUT2D eigenvalue weighted by molar-refractivity contribution is 5.77. The fraction of sp³-hybridized carbons (Fsp3) is 0.417. The zero-order valence-corrected chi connectivity index (χ0v) is 17.7. The molecule has 0 aliphatic carbocycles. The third-order valence-electron chi connectivity index (χ3n) is 5.95. The van der Waals surface area contributed by atoms with E-state index < -0.39 is 0 Å². The lowest BCUT2D eigenvalue weighted by Crippen LogP contribution is -2.45. The number of benzene rings is 2. The summed E-state index contributed by atoms with van der Waals surface area (Å²) >= 11 is 0. The van der Waals surface area contributed by atoms with E-state index in [4.69, 9.17) is 0 Å². The smallest absolute Gasteiger partial charge is 0.326 e. The molecule has 2 heterocycles. The average molecular weight is 407 g/mol. The topological polar surface area (TPSA) is 70.1 Å². The molecule has 1 saturated heterocycles. The quantitative estimate of drug-likeness (QED) is 0.651. The van der Waals surface area contributed by atoms with Gasteiger partial charge in [0.05, 0.1) is 11.0 Å². The lowest BCUT2D eigenvalue weighted by molar-refractivity contribution is -0.132. The molecular weight excluding hydrogens is 376 g/mol. The van der Waals surface area contributed by atoms with Gasteiger partial charge >= 0.3 is 5.69 Å². The van der Waals surface area contributed by atoms with Gasteiger partial charge in [0.2, 0.25) is 5.91 Å². The molecule has 0 spiro atoms. The number of amides is 1. The Labute approximate surface area is 176 Å². The van der Waals surface area contributed by atoms with Crippen LogP contribution in [0.4, 0.5) is 5.69 Å². The lowest BCUT2D eigenvalue weighted by Gasteiger charge is -2.34. The van der Waals surface area contributed by atoms with Gasteiger partial charge in [-0.15, -0.1) is 0 Å². The molecule has 30 heavy (non-hydrogen) atoms. The largest absolute Gasteiger partial charge is 0.381 e. The highest BCUT2D eigenvalue weighted by Gasteiger charge is 2.23. The molecule has 4 rings (SSSR count). The number of likely N-dealkylation sites (tertiary alicyclic amines) is 1. The Morgan fingerprint density at radius 1 is 1.17 bits per heavy atom. The minimum atomic E-state index is -0.160. The zero-order chi connectivity index (χ0) is 21.1. The number of rotatable bonds is 6. The van der Waals surface area contributed by atoms with E-state index in [0.717, 1.165) is 36.1 Å². The molecule has 6 nitrogen and oxygen atoms in total. The number of carbonyl (C=O) groups is 1. The van der Waals surface area contributed by atoms with Crippen molar-refractivity contribution in [2.75, 3.05) is 18.4 Å². The van der Waals surface area contributed by atoms with Gasteiger partial charge in [-0.1, -0.05) is 38.1 Å². The summed E-state index contributed by atoms with van der Waals surface area (Å²) in [6.45, 7) is 6.27. The number of hydrogen-bond acceptors (Lipinski definition) is 3. The minimum absolute atomic E-state index is 0.105. The molecule has 3 aromatic rings. The van der Waals surface area contributed by atoms with E-state index >= 15 is 0 Å². The van der Waals surface area contributed by atoms with Crippen molar-refractivity contribution in [3.63, 3.8) is 0 Å². The predicted molar refractivity (Wildman–Crippen MR) is 121 cm³/mol. The van der Waals surface area contributed by atoms with E-state index in [1.807, 2.05) is 29.2 Å². The average Bonchev–Trinajstić information content (AvgIpc) is 3.07. The Morgan fingerprint density at radius 2 is 1.93 bits per heavy atom. The third-order valence-corrected chi connectivity index (χ3v) is 5.95. The van der Waals surface area contributed by atoms with Gasteiger partial charge in [-0.25, -0.2) is 4.79 Å². The van der Waals surface area contributed by atoms with Crippen molar-refractivity contribution in [3.05, 3.63) is 64.6 Å². The van der Waals surface area contributed by atoms with E-state index in [9.17, 15) is 9.59 Å². The standard InChI is InChI=1S/C24H30N4O2/c1-17(2)18-9-11-19(12-10-18)25-20-6-5-14-27(16-20)23(29)13-15-28-22-8-4-3-7-21(22)26-24(28)30/h3-4,7-12,17,20,25H,5-6,13-16H2,1-2H3,(H,26,30)/t20-/m0/s1. The molecule has 2 N–H and O–H groups in total. The highest BCUT2D eigenvalue weighted by atomic mass is 16.2. The molecule has 6 heteroatoms. The number of nitrogens with zero attached hydrogens (tertiary/aromatic N) is 2. The van der Waals surface area contributed by atoms with Crippen molar-refractivity contribution in [2.45, 2.75) is 51.6 Å². The van der Waals surface area contributed by atoms with Crippen LogP contribution in [0, 0.1) is 0 Å². The summed E-state index contributed by atoms with van der Waals surface area (Å²) in [6, 6.07) is 16.4. The van der Waals surface area contributed by atoms with Crippen LogP contribution >= 0.6 is 0 Å². The number of nitrogens with one attached hydrogen (secondary N) is 2. The van der Waals surface area contributed by atoms with Crippen molar-refractivity contribution < 1.29 is 4.79 Å². The zero-order valence-electron chi connectivity index (χ0n) is 17.7. The lowest BCUT2D eigenvalue weighted by atomic mass is 10.0. The Hall–Kier alpha value is -3.02. The van der Waals surface area contributed by atoms with Gasteiger partial charge in [0.15, 0.2) is 0 Å². The minimum Gasteiger partial charge on any atom is -0.381 e. The Kier molecular flexibility index (Phi) is 5.93. The molecule has 1 atom stereocenters. The molecule has 1 amide bonds. The maximum absolute atomic E-state index is 12.8. The summed E-state index contributed by atoms with van der Waals surface area (Å²) in [4.78, 5) is 29.8. The SMILES string of the molecule is CC(C)c1ccc(N[C@H]2CCCN(C(=O)CCn3c(=O)[nH]c4ccccc43)C2)cc1. The number of carbonyl (C=O) groups excluding carboxylic acids is 1. The summed E-state index contributed by atoms with van der Waals surface area (Å²) in [5, 5.41) is 3.58. The molecule has 0 bridgehead atoms. The molecule has 0 saturated carbocycles. The number of H-pyrrole nitrogens is 1. The summed E-state index contributed by atoms with van der Waals surface area (Å²) in [7, 11) is 0. The Bertz CT molecular complexity index is 1060.